The molecule has 0 radical (unpaired) electrons. The van der Waals surface area contributed by atoms with Crippen LogP contribution < -0.4 is 4.74 Å². The van der Waals surface area contributed by atoms with Crippen molar-refractivity contribution in [3.8, 4) is 17.0 Å². The zero-order valence-corrected chi connectivity index (χ0v) is 16.6. The summed E-state index contributed by atoms with van der Waals surface area (Å²) in [6.45, 7) is 0. The summed E-state index contributed by atoms with van der Waals surface area (Å²) < 4.78 is 24.3. The molecule has 4 aromatic rings. The number of rotatable bonds is 1. The highest BCUT2D eigenvalue weighted by Gasteiger charge is 2.29. The summed E-state index contributed by atoms with van der Waals surface area (Å²) in [6, 6.07) is 20.9. The molecule has 2 heterocycles. The third-order valence-corrected chi connectivity index (χ3v) is 5.61. The number of hydrogen-bond acceptors (Lipinski definition) is 1. The lowest BCUT2D eigenvalue weighted by molar-refractivity contribution is 0.173. The van der Waals surface area contributed by atoms with Gasteiger partial charge >= 0.3 is 0 Å². The molecule has 5 heteroatoms. The van der Waals surface area contributed by atoms with Crippen LogP contribution >= 0.6 is 31.9 Å². The van der Waals surface area contributed by atoms with E-state index in [4.69, 9.17) is 4.74 Å². The molecular formula is C21H12Br2FNO. The van der Waals surface area contributed by atoms with Crippen molar-refractivity contribution in [3.05, 3.63) is 87.1 Å². The first kappa shape index (κ1) is 16.1. The van der Waals surface area contributed by atoms with Gasteiger partial charge in [-0.25, -0.2) is 4.39 Å². The van der Waals surface area contributed by atoms with Crippen LogP contribution in [0.1, 0.15) is 11.8 Å². The summed E-state index contributed by atoms with van der Waals surface area (Å²) >= 11 is 7.05. The van der Waals surface area contributed by atoms with Crippen molar-refractivity contribution in [1.29, 1.82) is 0 Å². The second kappa shape index (κ2) is 5.96. The SMILES string of the molecule is Fc1cccc([C@@H]2Oc3cc(Br)ccc3-c3cc4cc(Br)ccc4n32)c1. The molecule has 3 aromatic carbocycles. The van der Waals surface area contributed by atoms with Crippen LogP contribution in [0.4, 0.5) is 4.39 Å². The second-order valence-electron chi connectivity index (χ2n) is 6.27. The molecule has 1 aromatic heterocycles. The van der Waals surface area contributed by atoms with Crippen LogP contribution in [0.25, 0.3) is 22.2 Å². The number of hydrogen-bond donors (Lipinski definition) is 0. The molecule has 0 unspecified atom stereocenters. The van der Waals surface area contributed by atoms with Crippen LogP contribution in [-0.2, 0) is 0 Å². The van der Waals surface area contributed by atoms with Gasteiger partial charge in [-0.15, -0.1) is 0 Å². The van der Waals surface area contributed by atoms with Gasteiger partial charge in [0.2, 0.25) is 6.23 Å². The van der Waals surface area contributed by atoms with Crippen LogP contribution in [-0.4, -0.2) is 4.57 Å². The third-order valence-electron chi connectivity index (χ3n) is 4.63. The Morgan fingerprint density at radius 2 is 1.69 bits per heavy atom. The lowest BCUT2D eigenvalue weighted by atomic mass is 10.1. The monoisotopic (exact) mass is 471 g/mol. The lowest BCUT2D eigenvalue weighted by Gasteiger charge is -2.30. The van der Waals surface area contributed by atoms with E-state index in [0.717, 1.165) is 42.4 Å². The summed E-state index contributed by atoms with van der Waals surface area (Å²) in [5.41, 5.74) is 3.90. The number of nitrogens with zero attached hydrogens (tertiary/aromatic N) is 1. The smallest absolute Gasteiger partial charge is 0.203 e. The van der Waals surface area contributed by atoms with Crippen LogP contribution in [0, 0.1) is 5.82 Å². The first-order valence-electron chi connectivity index (χ1n) is 8.13. The quantitative estimate of drug-likeness (QED) is 0.293. The van der Waals surface area contributed by atoms with Gasteiger partial charge in [0.1, 0.15) is 11.6 Å². The molecule has 2 nitrogen and oxygen atoms in total. The molecule has 0 bridgehead atoms. The molecule has 0 saturated heterocycles. The van der Waals surface area contributed by atoms with Gasteiger partial charge in [-0.1, -0.05) is 44.0 Å². The number of aromatic nitrogens is 1. The molecular weight excluding hydrogens is 461 g/mol. The molecule has 0 spiro atoms. The topological polar surface area (TPSA) is 14.2 Å². The molecule has 0 amide bonds. The highest BCUT2D eigenvalue weighted by atomic mass is 79.9. The van der Waals surface area contributed by atoms with E-state index in [1.165, 1.54) is 12.1 Å². The predicted octanol–water partition coefficient (Wildman–Crippen LogP) is 6.91. The summed E-state index contributed by atoms with van der Waals surface area (Å²) in [5, 5.41) is 1.11. The highest BCUT2D eigenvalue weighted by Crippen LogP contribution is 2.45. The van der Waals surface area contributed by atoms with Crippen molar-refractivity contribution in [2.45, 2.75) is 6.23 Å². The van der Waals surface area contributed by atoms with Crippen LogP contribution in [0.2, 0.25) is 0 Å². The first-order chi connectivity index (χ1) is 12.6. The van der Waals surface area contributed by atoms with E-state index in [0.29, 0.717) is 0 Å². The zero-order valence-electron chi connectivity index (χ0n) is 13.4. The third kappa shape index (κ3) is 2.49. The van der Waals surface area contributed by atoms with E-state index in [9.17, 15) is 4.39 Å². The Hall–Kier alpha value is -2.11. The number of fused-ring (bicyclic) bond motifs is 5. The van der Waals surface area contributed by atoms with E-state index in [-0.39, 0.29) is 5.82 Å². The fourth-order valence-electron chi connectivity index (χ4n) is 3.52. The molecule has 0 aliphatic carbocycles. The average Bonchev–Trinajstić information content (AvgIpc) is 2.99. The lowest BCUT2D eigenvalue weighted by Crippen LogP contribution is -2.22. The minimum absolute atomic E-state index is 0.271. The first-order valence-corrected chi connectivity index (χ1v) is 9.71. The van der Waals surface area contributed by atoms with Gasteiger partial charge in [0.05, 0.1) is 11.2 Å². The summed E-state index contributed by atoms with van der Waals surface area (Å²) in [7, 11) is 0. The van der Waals surface area contributed by atoms with Gasteiger partial charge in [0.15, 0.2) is 0 Å². The Kier molecular flexibility index (Phi) is 3.69. The number of benzene rings is 3. The Morgan fingerprint density at radius 3 is 2.54 bits per heavy atom. The maximum absolute atomic E-state index is 13.9. The Labute approximate surface area is 166 Å². The maximum atomic E-state index is 13.9. The van der Waals surface area contributed by atoms with Gasteiger partial charge < -0.3 is 9.30 Å². The van der Waals surface area contributed by atoms with Crippen LogP contribution in [0.5, 0.6) is 5.75 Å². The van der Waals surface area contributed by atoms with Gasteiger partial charge in [-0.3, -0.25) is 0 Å². The molecule has 0 saturated carbocycles. The largest absolute Gasteiger partial charge is 0.465 e. The van der Waals surface area contributed by atoms with Gasteiger partial charge in [0, 0.05) is 25.5 Å². The Balaban J connectivity index is 1.83. The molecule has 1 aliphatic rings. The van der Waals surface area contributed by atoms with Gasteiger partial charge in [0.25, 0.3) is 0 Å². The van der Waals surface area contributed by atoms with Gasteiger partial charge in [-0.05, 0) is 54.6 Å². The van der Waals surface area contributed by atoms with E-state index >= 15 is 0 Å². The number of ether oxygens (including phenoxy) is 1. The van der Waals surface area contributed by atoms with Crippen molar-refractivity contribution in [2.75, 3.05) is 0 Å². The molecule has 128 valence electrons. The molecule has 0 fully saturated rings. The maximum Gasteiger partial charge on any atom is 0.203 e. The van der Waals surface area contributed by atoms with Crippen LogP contribution in [0.15, 0.2) is 75.7 Å². The fourth-order valence-corrected chi connectivity index (χ4v) is 4.24. The molecule has 26 heavy (non-hydrogen) atoms. The summed E-state index contributed by atoms with van der Waals surface area (Å²) in [4.78, 5) is 0. The zero-order chi connectivity index (χ0) is 17.8. The Morgan fingerprint density at radius 1 is 0.885 bits per heavy atom. The standard InChI is InChI=1S/C21H12Br2FNO/c22-14-5-7-18-13(8-14)10-19-17-6-4-15(23)11-20(17)26-21(25(18)19)12-2-1-3-16(24)9-12/h1-11,21H/t21-/m0/s1. The minimum Gasteiger partial charge on any atom is -0.465 e. The normalized spacial score (nSPS) is 15.4. The Bertz CT molecular complexity index is 1170. The van der Waals surface area contributed by atoms with E-state index in [1.54, 1.807) is 6.07 Å². The fraction of sp³-hybridized carbons (Fsp3) is 0.0476. The van der Waals surface area contributed by atoms with Gasteiger partial charge in [-0.2, -0.15) is 0 Å². The van der Waals surface area contributed by atoms with Crippen molar-refractivity contribution in [1.82, 2.24) is 4.57 Å². The molecule has 1 atom stereocenters. The van der Waals surface area contributed by atoms with Crippen molar-refractivity contribution in [3.63, 3.8) is 0 Å². The van der Waals surface area contributed by atoms with Crippen molar-refractivity contribution >= 4 is 42.8 Å². The summed E-state index contributed by atoms with van der Waals surface area (Å²) in [6.07, 6.45) is -0.429. The average molecular weight is 473 g/mol. The summed E-state index contributed by atoms with van der Waals surface area (Å²) in [5.74, 6) is 0.509. The second-order valence-corrected chi connectivity index (χ2v) is 8.10. The molecule has 0 N–H and O–H groups in total. The van der Waals surface area contributed by atoms with E-state index < -0.39 is 6.23 Å². The highest BCUT2D eigenvalue weighted by molar-refractivity contribution is 9.10. The number of halogens is 3. The van der Waals surface area contributed by atoms with Crippen molar-refractivity contribution < 1.29 is 9.13 Å². The predicted molar refractivity (Wildman–Crippen MR) is 108 cm³/mol. The van der Waals surface area contributed by atoms with E-state index in [1.807, 2.05) is 30.3 Å². The van der Waals surface area contributed by atoms with Crippen LogP contribution in [0.3, 0.4) is 0 Å². The van der Waals surface area contributed by atoms with Crippen molar-refractivity contribution in [2.24, 2.45) is 0 Å². The molecule has 1 aliphatic heterocycles. The van der Waals surface area contributed by atoms with E-state index in [2.05, 4.69) is 54.6 Å². The molecule has 5 rings (SSSR count). The minimum atomic E-state index is -0.429.